The molecule has 2 aromatic rings. The second-order valence-corrected chi connectivity index (χ2v) is 6.80. The lowest BCUT2D eigenvalue weighted by molar-refractivity contribution is 0.293. The van der Waals surface area contributed by atoms with Crippen LogP contribution >= 0.6 is 36.2 Å². The van der Waals surface area contributed by atoms with Crippen molar-refractivity contribution in [3.05, 3.63) is 46.2 Å². The lowest BCUT2D eigenvalue weighted by atomic mass is 10.0. The molecule has 1 aliphatic heterocycles. The van der Waals surface area contributed by atoms with E-state index in [-0.39, 0.29) is 31.4 Å². The summed E-state index contributed by atoms with van der Waals surface area (Å²) >= 11 is 1.60. The number of fused-ring (bicyclic) bond motifs is 1. The van der Waals surface area contributed by atoms with Crippen molar-refractivity contribution in [3.8, 4) is 0 Å². The molecule has 1 aromatic carbocycles. The van der Waals surface area contributed by atoms with Crippen LogP contribution < -0.4 is 16.0 Å². The van der Waals surface area contributed by atoms with E-state index in [0.717, 1.165) is 43.0 Å². The summed E-state index contributed by atoms with van der Waals surface area (Å²) in [5.74, 6) is 0.575. The molecular weight excluding hydrogens is 391 g/mol. The van der Waals surface area contributed by atoms with Crippen LogP contribution in [0.25, 0.3) is 0 Å². The molecular formula is C18H26Cl2N4OS. The highest BCUT2D eigenvalue weighted by Crippen LogP contribution is 2.30. The molecule has 144 valence electrons. The van der Waals surface area contributed by atoms with Gasteiger partial charge in [-0.2, -0.15) is 0 Å². The van der Waals surface area contributed by atoms with Crippen molar-refractivity contribution in [1.82, 2.24) is 5.32 Å². The van der Waals surface area contributed by atoms with Crippen molar-refractivity contribution >= 4 is 53.4 Å². The minimum atomic E-state index is 0. The third-order valence-electron chi connectivity index (χ3n) is 4.15. The van der Waals surface area contributed by atoms with Gasteiger partial charge < -0.3 is 21.1 Å². The topological polar surface area (TPSA) is 73.9 Å². The van der Waals surface area contributed by atoms with Crippen molar-refractivity contribution in [2.75, 3.05) is 37.7 Å². The van der Waals surface area contributed by atoms with E-state index in [1.807, 2.05) is 23.6 Å². The molecule has 0 bridgehead atoms. The minimum absolute atomic E-state index is 0. The molecule has 0 fully saturated rings. The number of aliphatic imine (C=N–C) groups is 1. The summed E-state index contributed by atoms with van der Waals surface area (Å²) in [6.07, 6.45) is 2.23. The van der Waals surface area contributed by atoms with Crippen LogP contribution in [0.3, 0.4) is 0 Å². The van der Waals surface area contributed by atoms with Gasteiger partial charge in [0.25, 0.3) is 0 Å². The summed E-state index contributed by atoms with van der Waals surface area (Å²) in [5.41, 5.74) is 9.64. The van der Waals surface area contributed by atoms with Crippen LogP contribution in [-0.4, -0.2) is 43.7 Å². The standard InChI is InChI=1S/C18H24N4OS.2ClH/c19-18(17-4-2-12-24-17)21-15-5-6-16-14(13-15)3-1-9-22(16)10-7-20-8-11-23;;/h2,4-6,12-13,20,23H,1,3,7-11H2,(H2,19,21);2*1H. The number of amidine groups is 1. The third kappa shape index (κ3) is 5.86. The highest BCUT2D eigenvalue weighted by atomic mass is 35.5. The minimum Gasteiger partial charge on any atom is -0.395 e. The first kappa shape index (κ1) is 22.7. The summed E-state index contributed by atoms with van der Waals surface area (Å²) in [4.78, 5) is 7.97. The first-order valence-corrected chi connectivity index (χ1v) is 9.23. The number of benzene rings is 1. The molecule has 26 heavy (non-hydrogen) atoms. The summed E-state index contributed by atoms with van der Waals surface area (Å²) in [5, 5.41) is 14.1. The second-order valence-electron chi connectivity index (χ2n) is 5.85. The lowest BCUT2D eigenvalue weighted by Gasteiger charge is -2.31. The van der Waals surface area contributed by atoms with Gasteiger partial charge in [0.15, 0.2) is 0 Å². The first-order chi connectivity index (χ1) is 11.8. The van der Waals surface area contributed by atoms with Gasteiger partial charge in [-0.15, -0.1) is 36.2 Å². The van der Waals surface area contributed by atoms with Gasteiger partial charge in [0, 0.05) is 31.9 Å². The molecule has 1 aromatic heterocycles. The van der Waals surface area contributed by atoms with E-state index in [2.05, 4.69) is 27.3 Å². The number of hydrogen-bond donors (Lipinski definition) is 3. The molecule has 0 spiro atoms. The SMILES string of the molecule is Cl.Cl.NC(=Nc1ccc2c(c1)CCCN2CCNCCO)c1cccs1. The summed E-state index contributed by atoms with van der Waals surface area (Å²) in [6.45, 7) is 3.74. The average molecular weight is 417 g/mol. The molecule has 0 unspecified atom stereocenters. The fraction of sp³-hybridized carbons (Fsp3) is 0.389. The van der Waals surface area contributed by atoms with Crippen LogP contribution in [0.5, 0.6) is 0 Å². The number of nitrogens with two attached hydrogens (primary N) is 1. The Kier molecular flexibility index (Phi) is 9.98. The van der Waals surface area contributed by atoms with Crippen molar-refractivity contribution in [2.24, 2.45) is 10.7 Å². The normalized spacial score (nSPS) is 13.6. The Morgan fingerprint density at radius 3 is 2.85 bits per heavy atom. The molecule has 0 atom stereocenters. The Balaban J connectivity index is 0.00000169. The molecule has 0 radical (unpaired) electrons. The van der Waals surface area contributed by atoms with Crippen LogP contribution in [0.1, 0.15) is 16.9 Å². The summed E-state index contributed by atoms with van der Waals surface area (Å²) in [6, 6.07) is 10.3. The highest BCUT2D eigenvalue weighted by Gasteiger charge is 2.16. The number of halogens is 2. The van der Waals surface area contributed by atoms with E-state index in [1.54, 1.807) is 11.3 Å². The van der Waals surface area contributed by atoms with Gasteiger partial charge in [0.2, 0.25) is 0 Å². The van der Waals surface area contributed by atoms with Crippen molar-refractivity contribution in [2.45, 2.75) is 12.8 Å². The van der Waals surface area contributed by atoms with Gasteiger partial charge in [0.1, 0.15) is 5.84 Å². The van der Waals surface area contributed by atoms with E-state index in [0.29, 0.717) is 12.4 Å². The number of thiophene rings is 1. The molecule has 3 rings (SSSR count). The van der Waals surface area contributed by atoms with E-state index in [4.69, 9.17) is 10.8 Å². The van der Waals surface area contributed by atoms with Crippen molar-refractivity contribution in [1.29, 1.82) is 0 Å². The van der Waals surface area contributed by atoms with E-state index >= 15 is 0 Å². The zero-order valence-corrected chi connectivity index (χ0v) is 17.0. The average Bonchev–Trinajstić information content (AvgIpc) is 3.13. The van der Waals surface area contributed by atoms with Crippen LogP contribution in [0, 0.1) is 0 Å². The number of aliphatic hydroxyl groups excluding tert-OH is 1. The van der Waals surface area contributed by atoms with Gasteiger partial charge in [-0.25, -0.2) is 4.99 Å². The van der Waals surface area contributed by atoms with E-state index in [9.17, 15) is 0 Å². The number of hydrogen-bond acceptors (Lipinski definition) is 5. The Bertz CT molecular complexity index is 695. The lowest BCUT2D eigenvalue weighted by Crippen LogP contribution is -2.36. The van der Waals surface area contributed by atoms with E-state index in [1.165, 1.54) is 11.3 Å². The quantitative estimate of drug-likeness (QED) is 0.368. The van der Waals surface area contributed by atoms with Gasteiger partial charge in [0.05, 0.1) is 17.2 Å². The van der Waals surface area contributed by atoms with Crippen LogP contribution in [0.15, 0.2) is 40.7 Å². The Hall–Kier alpha value is -1.31. The number of rotatable bonds is 7. The Labute approximate surface area is 171 Å². The van der Waals surface area contributed by atoms with Crippen LogP contribution in [0.2, 0.25) is 0 Å². The molecule has 0 aliphatic carbocycles. The molecule has 8 heteroatoms. The van der Waals surface area contributed by atoms with Gasteiger partial charge in [-0.05, 0) is 48.1 Å². The monoisotopic (exact) mass is 416 g/mol. The van der Waals surface area contributed by atoms with Crippen molar-refractivity contribution < 1.29 is 5.11 Å². The molecule has 0 amide bonds. The Morgan fingerprint density at radius 1 is 1.27 bits per heavy atom. The molecule has 0 saturated heterocycles. The molecule has 5 nitrogen and oxygen atoms in total. The maximum atomic E-state index is 8.83. The number of nitrogens with zero attached hydrogens (tertiary/aromatic N) is 2. The Morgan fingerprint density at radius 2 is 2.12 bits per heavy atom. The summed E-state index contributed by atoms with van der Waals surface area (Å²) < 4.78 is 0. The van der Waals surface area contributed by atoms with Gasteiger partial charge >= 0.3 is 0 Å². The maximum Gasteiger partial charge on any atom is 0.141 e. The molecule has 0 saturated carbocycles. The van der Waals surface area contributed by atoms with E-state index < -0.39 is 0 Å². The number of anilines is 1. The van der Waals surface area contributed by atoms with Gasteiger partial charge in [-0.3, -0.25) is 0 Å². The second kappa shape index (κ2) is 11.4. The smallest absolute Gasteiger partial charge is 0.141 e. The number of aryl methyl sites for hydroxylation is 1. The number of nitrogens with one attached hydrogen (secondary N) is 1. The zero-order valence-electron chi connectivity index (χ0n) is 14.6. The highest BCUT2D eigenvalue weighted by molar-refractivity contribution is 7.12. The molecule has 2 heterocycles. The van der Waals surface area contributed by atoms with Crippen LogP contribution in [-0.2, 0) is 6.42 Å². The van der Waals surface area contributed by atoms with Crippen LogP contribution in [0.4, 0.5) is 11.4 Å². The first-order valence-electron chi connectivity index (χ1n) is 8.35. The predicted molar refractivity (Wildman–Crippen MR) is 116 cm³/mol. The fourth-order valence-electron chi connectivity index (χ4n) is 3.00. The predicted octanol–water partition coefficient (Wildman–Crippen LogP) is 2.96. The van der Waals surface area contributed by atoms with Crippen molar-refractivity contribution in [3.63, 3.8) is 0 Å². The number of aliphatic hydroxyl groups is 1. The largest absolute Gasteiger partial charge is 0.395 e. The molecule has 1 aliphatic rings. The molecule has 4 N–H and O–H groups in total. The summed E-state index contributed by atoms with van der Waals surface area (Å²) in [7, 11) is 0. The third-order valence-corrected chi connectivity index (χ3v) is 5.04. The zero-order chi connectivity index (χ0) is 16.8. The fourth-order valence-corrected chi connectivity index (χ4v) is 3.63. The van der Waals surface area contributed by atoms with Gasteiger partial charge in [-0.1, -0.05) is 6.07 Å². The maximum absolute atomic E-state index is 8.83.